The van der Waals surface area contributed by atoms with Crippen LogP contribution in [0, 0.1) is 0 Å². The zero-order chi connectivity index (χ0) is 17.1. The SMILES string of the molecule is CN(C)c1ccc(-c2ccc(=O)n(Cc3ccc(Cl)cc3)c2)cn1. The predicted molar refractivity (Wildman–Crippen MR) is 98.8 cm³/mol. The number of nitrogens with zero attached hydrogens (tertiary/aromatic N) is 3. The minimum absolute atomic E-state index is 0.0356. The van der Waals surface area contributed by atoms with Gasteiger partial charge in [0.25, 0.3) is 5.56 Å². The van der Waals surface area contributed by atoms with Gasteiger partial charge in [-0.3, -0.25) is 4.79 Å². The second-order valence-corrected chi connectivity index (χ2v) is 6.25. The highest BCUT2D eigenvalue weighted by Gasteiger charge is 2.04. The van der Waals surface area contributed by atoms with E-state index < -0.39 is 0 Å². The number of aromatic nitrogens is 2. The second-order valence-electron chi connectivity index (χ2n) is 5.81. The fraction of sp³-hybridized carbons (Fsp3) is 0.158. The molecule has 4 nitrogen and oxygen atoms in total. The van der Waals surface area contributed by atoms with E-state index in [2.05, 4.69) is 4.98 Å². The summed E-state index contributed by atoms with van der Waals surface area (Å²) in [5.41, 5.74) is 2.93. The summed E-state index contributed by atoms with van der Waals surface area (Å²) in [5.74, 6) is 0.897. The smallest absolute Gasteiger partial charge is 0.250 e. The van der Waals surface area contributed by atoms with E-state index in [-0.39, 0.29) is 5.56 Å². The van der Waals surface area contributed by atoms with Crippen LogP contribution in [0.3, 0.4) is 0 Å². The molecule has 0 aliphatic rings. The van der Waals surface area contributed by atoms with Crippen LogP contribution in [0.15, 0.2) is 65.7 Å². The molecule has 0 bridgehead atoms. The first kappa shape index (κ1) is 16.3. The normalized spacial score (nSPS) is 10.6. The van der Waals surface area contributed by atoms with Gasteiger partial charge >= 0.3 is 0 Å². The third-order valence-electron chi connectivity index (χ3n) is 3.79. The van der Waals surface area contributed by atoms with E-state index in [4.69, 9.17) is 11.6 Å². The Morgan fingerprint density at radius 2 is 1.71 bits per heavy atom. The van der Waals surface area contributed by atoms with Crippen molar-refractivity contribution in [1.82, 2.24) is 9.55 Å². The van der Waals surface area contributed by atoms with Crippen LogP contribution in [0.1, 0.15) is 5.56 Å². The molecule has 0 saturated heterocycles. The van der Waals surface area contributed by atoms with E-state index in [1.165, 1.54) is 0 Å². The van der Waals surface area contributed by atoms with Crippen molar-refractivity contribution in [2.45, 2.75) is 6.54 Å². The maximum atomic E-state index is 12.1. The lowest BCUT2D eigenvalue weighted by molar-refractivity contribution is 0.761. The maximum absolute atomic E-state index is 12.1. The standard InChI is InChI=1S/C19H18ClN3O/c1-22(2)18-9-5-15(11-21-18)16-6-10-19(24)23(13-16)12-14-3-7-17(20)8-4-14/h3-11,13H,12H2,1-2H3. The molecule has 3 aromatic rings. The highest BCUT2D eigenvalue weighted by molar-refractivity contribution is 6.30. The lowest BCUT2D eigenvalue weighted by atomic mass is 10.1. The van der Waals surface area contributed by atoms with Crippen molar-refractivity contribution in [3.05, 3.63) is 81.9 Å². The van der Waals surface area contributed by atoms with Crippen molar-refractivity contribution in [3.63, 3.8) is 0 Å². The Morgan fingerprint density at radius 1 is 1.00 bits per heavy atom. The Hall–Kier alpha value is -2.59. The van der Waals surface area contributed by atoms with Gasteiger partial charge in [0, 0.05) is 43.1 Å². The predicted octanol–water partition coefficient (Wildman–Crippen LogP) is 3.68. The topological polar surface area (TPSA) is 38.1 Å². The summed E-state index contributed by atoms with van der Waals surface area (Å²) in [5, 5.41) is 0.687. The minimum atomic E-state index is -0.0356. The summed E-state index contributed by atoms with van der Waals surface area (Å²) in [6, 6.07) is 14.9. The summed E-state index contributed by atoms with van der Waals surface area (Å²) in [6.45, 7) is 0.507. The van der Waals surface area contributed by atoms with Crippen LogP contribution in [-0.4, -0.2) is 23.6 Å². The van der Waals surface area contributed by atoms with Crippen LogP contribution in [0.25, 0.3) is 11.1 Å². The Morgan fingerprint density at radius 3 is 2.33 bits per heavy atom. The molecule has 2 aromatic heterocycles. The number of halogens is 1. The molecule has 0 fully saturated rings. The molecule has 2 heterocycles. The van der Waals surface area contributed by atoms with Crippen molar-refractivity contribution in [1.29, 1.82) is 0 Å². The van der Waals surface area contributed by atoms with Gasteiger partial charge in [0.2, 0.25) is 0 Å². The molecular formula is C19H18ClN3O. The monoisotopic (exact) mass is 339 g/mol. The lowest BCUT2D eigenvalue weighted by Gasteiger charge is -2.12. The Bertz CT molecular complexity index is 884. The summed E-state index contributed by atoms with van der Waals surface area (Å²) in [4.78, 5) is 18.5. The quantitative estimate of drug-likeness (QED) is 0.727. The van der Waals surface area contributed by atoms with E-state index >= 15 is 0 Å². The fourth-order valence-electron chi connectivity index (χ4n) is 2.43. The van der Waals surface area contributed by atoms with Crippen LogP contribution in [0.4, 0.5) is 5.82 Å². The summed E-state index contributed by atoms with van der Waals surface area (Å²) in [7, 11) is 3.91. The molecule has 0 atom stereocenters. The first-order valence-electron chi connectivity index (χ1n) is 7.61. The van der Waals surface area contributed by atoms with Gasteiger partial charge in [0.15, 0.2) is 0 Å². The first-order chi connectivity index (χ1) is 11.5. The molecule has 0 unspecified atom stereocenters. The summed E-state index contributed by atoms with van der Waals surface area (Å²) in [6.07, 6.45) is 3.69. The molecule has 0 N–H and O–H groups in total. The van der Waals surface area contributed by atoms with Crippen molar-refractivity contribution in [3.8, 4) is 11.1 Å². The lowest BCUT2D eigenvalue weighted by Crippen LogP contribution is -2.19. The van der Waals surface area contributed by atoms with Gasteiger partial charge in [0.1, 0.15) is 5.82 Å². The molecule has 5 heteroatoms. The van der Waals surface area contributed by atoms with E-state index in [1.54, 1.807) is 10.6 Å². The van der Waals surface area contributed by atoms with Gasteiger partial charge in [-0.1, -0.05) is 23.7 Å². The average molecular weight is 340 g/mol. The molecule has 0 spiro atoms. The minimum Gasteiger partial charge on any atom is -0.363 e. The van der Waals surface area contributed by atoms with E-state index in [9.17, 15) is 4.79 Å². The molecule has 0 saturated carbocycles. The first-order valence-corrected chi connectivity index (χ1v) is 7.99. The van der Waals surface area contributed by atoms with Crippen LogP contribution >= 0.6 is 11.6 Å². The largest absolute Gasteiger partial charge is 0.363 e. The number of rotatable bonds is 4. The average Bonchev–Trinajstić information content (AvgIpc) is 2.59. The fourth-order valence-corrected chi connectivity index (χ4v) is 2.56. The number of anilines is 1. The molecule has 122 valence electrons. The molecule has 0 radical (unpaired) electrons. The second kappa shape index (κ2) is 6.89. The zero-order valence-electron chi connectivity index (χ0n) is 13.6. The van der Waals surface area contributed by atoms with Crippen LogP contribution in [0.5, 0.6) is 0 Å². The summed E-state index contributed by atoms with van der Waals surface area (Å²) >= 11 is 5.91. The maximum Gasteiger partial charge on any atom is 0.250 e. The number of hydrogen-bond donors (Lipinski definition) is 0. The van der Waals surface area contributed by atoms with Crippen LogP contribution < -0.4 is 10.5 Å². The van der Waals surface area contributed by atoms with Gasteiger partial charge in [-0.15, -0.1) is 0 Å². The third kappa shape index (κ3) is 3.66. The van der Waals surface area contributed by atoms with E-state index in [0.717, 1.165) is 22.5 Å². The molecule has 0 aliphatic heterocycles. The molecule has 1 aromatic carbocycles. The molecule has 0 aliphatic carbocycles. The Balaban J connectivity index is 1.90. The van der Waals surface area contributed by atoms with Crippen LogP contribution in [0.2, 0.25) is 5.02 Å². The van der Waals surface area contributed by atoms with Crippen molar-refractivity contribution in [2.75, 3.05) is 19.0 Å². The Kier molecular flexibility index (Phi) is 4.67. The van der Waals surface area contributed by atoms with Gasteiger partial charge in [-0.25, -0.2) is 4.98 Å². The van der Waals surface area contributed by atoms with Gasteiger partial charge < -0.3 is 9.47 Å². The van der Waals surface area contributed by atoms with Crippen molar-refractivity contribution >= 4 is 17.4 Å². The van der Waals surface area contributed by atoms with Crippen molar-refractivity contribution in [2.24, 2.45) is 0 Å². The number of hydrogen-bond acceptors (Lipinski definition) is 3. The highest BCUT2D eigenvalue weighted by atomic mass is 35.5. The number of pyridine rings is 2. The van der Waals surface area contributed by atoms with Gasteiger partial charge in [0.05, 0.1) is 6.54 Å². The van der Waals surface area contributed by atoms with Crippen LogP contribution in [-0.2, 0) is 6.54 Å². The Labute approximate surface area is 146 Å². The number of benzene rings is 1. The van der Waals surface area contributed by atoms with E-state index in [0.29, 0.717) is 11.6 Å². The molecular weight excluding hydrogens is 322 g/mol. The van der Waals surface area contributed by atoms with Gasteiger partial charge in [-0.2, -0.15) is 0 Å². The van der Waals surface area contributed by atoms with Gasteiger partial charge in [-0.05, 0) is 41.5 Å². The third-order valence-corrected chi connectivity index (χ3v) is 4.04. The molecule has 3 rings (SSSR count). The molecule has 0 amide bonds. The zero-order valence-corrected chi connectivity index (χ0v) is 14.4. The van der Waals surface area contributed by atoms with E-state index in [1.807, 2.05) is 73.9 Å². The summed E-state index contributed by atoms with van der Waals surface area (Å²) < 4.78 is 1.69. The molecule has 24 heavy (non-hydrogen) atoms. The highest BCUT2D eigenvalue weighted by Crippen LogP contribution is 2.19. The van der Waals surface area contributed by atoms with Crippen molar-refractivity contribution < 1.29 is 0 Å².